The van der Waals surface area contributed by atoms with E-state index in [4.69, 9.17) is 34.3 Å². The van der Waals surface area contributed by atoms with Gasteiger partial charge < -0.3 is 39.4 Å². The van der Waals surface area contributed by atoms with E-state index in [0.717, 1.165) is 17.9 Å². The maximum Gasteiger partial charge on any atom is 0.338 e. The fourth-order valence-electron chi connectivity index (χ4n) is 3.32. The van der Waals surface area contributed by atoms with Crippen LogP contribution in [0.15, 0.2) is 97.1 Å². The lowest BCUT2D eigenvalue weighted by Gasteiger charge is -2.13. The summed E-state index contributed by atoms with van der Waals surface area (Å²) in [6.45, 7) is 13.9. The van der Waals surface area contributed by atoms with Gasteiger partial charge in [-0.1, -0.05) is 75.9 Å². The van der Waals surface area contributed by atoms with E-state index in [1.54, 1.807) is 0 Å². The molecular weight excluding hydrogens is 640 g/mol. The van der Waals surface area contributed by atoms with Gasteiger partial charge in [-0.05, 0) is 86.6 Å². The molecule has 5 rings (SSSR count). The van der Waals surface area contributed by atoms with Gasteiger partial charge in [0.15, 0.2) is 0 Å². The van der Waals surface area contributed by atoms with Crippen LogP contribution in [0.2, 0.25) is 0 Å². The number of aliphatic hydroxyl groups excluding tert-OH is 1. The zero-order chi connectivity index (χ0) is 37.3. The van der Waals surface area contributed by atoms with Crippen LogP contribution < -0.4 is 9.47 Å². The van der Waals surface area contributed by atoms with Gasteiger partial charge in [0.1, 0.15) is 55.0 Å². The van der Waals surface area contributed by atoms with Crippen molar-refractivity contribution in [2.24, 2.45) is 0 Å². The average Bonchev–Trinajstić information content (AvgIpc) is 3.93. The highest BCUT2D eigenvalue weighted by atomic mass is 16.6. The summed E-state index contributed by atoms with van der Waals surface area (Å²) in [5, 5.41) is 36.0. The number of aromatic carboxylic acids is 1. The van der Waals surface area contributed by atoms with Gasteiger partial charge in [0.2, 0.25) is 0 Å². The highest BCUT2D eigenvalue weighted by Gasteiger charge is 2.22. The van der Waals surface area contributed by atoms with Gasteiger partial charge in [0.25, 0.3) is 0 Å². The normalized spacial score (nSPS) is 12.7. The quantitative estimate of drug-likeness (QED) is 0.0949. The molecular formula is C40H52O10. The number of epoxide rings is 1. The molecule has 0 aliphatic carbocycles. The number of esters is 1. The van der Waals surface area contributed by atoms with Gasteiger partial charge >= 0.3 is 11.9 Å². The molecule has 2 unspecified atom stereocenters. The number of phenols is 2. The molecule has 10 nitrogen and oxygen atoms in total. The Hall–Kier alpha value is -5.06. The number of aryl methyl sites for hydroxylation is 2. The molecule has 2 atom stereocenters. The molecule has 0 radical (unpaired) electrons. The van der Waals surface area contributed by atoms with Gasteiger partial charge in [-0.25, -0.2) is 9.59 Å². The Labute approximate surface area is 295 Å². The molecule has 1 saturated heterocycles. The Morgan fingerprint density at radius 3 is 1.48 bits per heavy atom. The number of rotatable bonds is 10. The Balaban J connectivity index is 0.000000375. The lowest BCUT2D eigenvalue weighted by molar-refractivity contribution is 0.0130. The van der Waals surface area contributed by atoms with E-state index in [2.05, 4.69) is 34.6 Å². The van der Waals surface area contributed by atoms with Gasteiger partial charge in [-0.2, -0.15) is 0 Å². The third-order valence-corrected chi connectivity index (χ3v) is 5.95. The second kappa shape index (κ2) is 25.0. The Bertz CT molecular complexity index is 1460. The first-order valence-corrected chi connectivity index (χ1v) is 16.6. The van der Waals surface area contributed by atoms with E-state index in [0.29, 0.717) is 24.0 Å². The minimum Gasteiger partial charge on any atom is -0.508 e. The molecule has 0 bridgehead atoms. The number of aromatic hydroxyl groups is 2. The minimum absolute atomic E-state index is 0.0336. The summed E-state index contributed by atoms with van der Waals surface area (Å²) >= 11 is 0. The third kappa shape index (κ3) is 20.3. The Morgan fingerprint density at radius 1 is 0.680 bits per heavy atom. The number of carbonyl (C=O) groups excluding carboxylic acids is 1. The smallest absolute Gasteiger partial charge is 0.338 e. The van der Waals surface area contributed by atoms with E-state index in [1.165, 1.54) is 66.9 Å². The van der Waals surface area contributed by atoms with Crippen molar-refractivity contribution in [1.29, 1.82) is 0 Å². The first kappa shape index (κ1) is 43.0. The van der Waals surface area contributed by atoms with Crippen LogP contribution in [0.4, 0.5) is 0 Å². The first-order valence-electron chi connectivity index (χ1n) is 16.6. The molecule has 4 aromatic rings. The van der Waals surface area contributed by atoms with Crippen molar-refractivity contribution in [2.75, 3.05) is 26.4 Å². The molecule has 0 spiro atoms. The lowest BCUT2D eigenvalue weighted by atomic mass is 10.2. The fourth-order valence-corrected chi connectivity index (χ4v) is 3.32. The molecule has 272 valence electrons. The fraction of sp³-hybridized carbons (Fsp3) is 0.350. The second-order valence-corrected chi connectivity index (χ2v) is 11.3. The predicted octanol–water partition coefficient (Wildman–Crippen LogP) is 7.99. The Kier molecular flexibility index (Phi) is 21.5. The van der Waals surface area contributed by atoms with Crippen molar-refractivity contribution in [3.63, 3.8) is 0 Å². The Morgan fingerprint density at radius 2 is 1.08 bits per heavy atom. The number of carboxylic acid groups (broad SMARTS) is 1. The highest BCUT2D eigenvalue weighted by molar-refractivity contribution is 5.89. The lowest BCUT2D eigenvalue weighted by Crippen LogP contribution is -2.25. The summed E-state index contributed by atoms with van der Waals surface area (Å²) < 4.78 is 20.9. The predicted molar refractivity (Wildman–Crippen MR) is 194 cm³/mol. The molecule has 1 heterocycles. The number of phenolic OH excluding ortho intramolecular Hbond substituents is 2. The summed E-state index contributed by atoms with van der Waals surface area (Å²) in [6, 6.07) is 26.6. The molecule has 50 heavy (non-hydrogen) atoms. The van der Waals surface area contributed by atoms with Crippen LogP contribution >= 0.6 is 0 Å². The average molecular weight is 693 g/mol. The molecule has 1 aliphatic rings. The number of carboxylic acids is 1. The van der Waals surface area contributed by atoms with Gasteiger partial charge in [-0.15, -0.1) is 0 Å². The SMILES string of the molecule is CCC.CCC.Cc1ccc(OCC(O)COC(=O)c2ccc(O)cc2)cc1.Cc1ccc(OCC2CO2)cc1.O=C(O)c1ccc(O)cc1. The van der Waals surface area contributed by atoms with Crippen LogP contribution in [0, 0.1) is 13.8 Å². The summed E-state index contributed by atoms with van der Waals surface area (Å²) in [5.41, 5.74) is 2.86. The zero-order valence-corrected chi connectivity index (χ0v) is 29.9. The van der Waals surface area contributed by atoms with Crippen molar-refractivity contribution in [3.05, 3.63) is 119 Å². The van der Waals surface area contributed by atoms with E-state index < -0.39 is 18.0 Å². The summed E-state index contributed by atoms with van der Waals surface area (Å²) in [7, 11) is 0. The molecule has 1 aliphatic heterocycles. The molecule has 4 aromatic carbocycles. The number of hydrogen-bond acceptors (Lipinski definition) is 9. The number of carbonyl (C=O) groups is 2. The van der Waals surface area contributed by atoms with Crippen LogP contribution in [-0.4, -0.2) is 71.0 Å². The van der Waals surface area contributed by atoms with Crippen molar-refractivity contribution in [3.8, 4) is 23.0 Å². The van der Waals surface area contributed by atoms with Crippen LogP contribution in [0.25, 0.3) is 0 Å². The van der Waals surface area contributed by atoms with Crippen molar-refractivity contribution < 1.29 is 49.0 Å². The van der Waals surface area contributed by atoms with Gasteiger partial charge in [0.05, 0.1) is 17.7 Å². The van der Waals surface area contributed by atoms with Crippen molar-refractivity contribution in [1.82, 2.24) is 0 Å². The molecule has 0 amide bonds. The van der Waals surface area contributed by atoms with E-state index >= 15 is 0 Å². The molecule has 4 N–H and O–H groups in total. The number of hydrogen-bond donors (Lipinski definition) is 4. The maximum atomic E-state index is 11.7. The molecule has 0 aromatic heterocycles. The van der Waals surface area contributed by atoms with Crippen LogP contribution in [0.5, 0.6) is 23.0 Å². The molecule has 10 heteroatoms. The van der Waals surface area contributed by atoms with Gasteiger partial charge in [0, 0.05) is 0 Å². The van der Waals surface area contributed by atoms with Crippen LogP contribution in [0.3, 0.4) is 0 Å². The number of benzene rings is 4. The number of ether oxygens (including phenoxy) is 4. The van der Waals surface area contributed by atoms with Crippen molar-refractivity contribution >= 4 is 11.9 Å². The van der Waals surface area contributed by atoms with Crippen LogP contribution in [-0.2, 0) is 9.47 Å². The van der Waals surface area contributed by atoms with Crippen LogP contribution in [0.1, 0.15) is 72.4 Å². The third-order valence-electron chi connectivity index (χ3n) is 5.95. The van der Waals surface area contributed by atoms with Gasteiger partial charge in [-0.3, -0.25) is 0 Å². The highest BCUT2D eigenvalue weighted by Crippen LogP contribution is 2.16. The second-order valence-electron chi connectivity index (χ2n) is 11.3. The number of aliphatic hydroxyl groups is 1. The maximum absolute atomic E-state index is 11.7. The zero-order valence-electron chi connectivity index (χ0n) is 29.9. The molecule has 1 fully saturated rings. The molecule has 0 saturated carbocycles. The monoisotopic (exact) mass is 692 g/mol. The standard InChI is InChI=1S/C17H18O5.C10H12O2.C7H6O3.2C3H8/c1-12-2-8-16(9-3-12)21-10-15(19)11-22-17(20)13-4-6-14(18)7-5-13;1-8-2-4-9(5-3-8)11-6-10-7-12-10;8-6-3-1-5(2-4-6)7(9)10;2*1-3-2/h2-9,15,18-19H,10-11H2,1H3;2-5,10H,6-7H2,1H3;1-4,8H,(H,9,10);2*3H2,1-2H3. The van der Waals surface area contributed by atoms with E-state index in [9.17, 15) is 14.7 Å². The first-order chi connectivity index (χ1) is 23.9. The minimum atomic E-state index is -0.986. The summed E-state index contributed by atoms with van der Waals surface area (Å²) in [4.78, 5) is 21.9. The topological polar surface area (TPSA) is 155 Å². The van der Waals surface area contributed by atoms with Crippen molar-refractivity contribution in [2.45, 2.75) is 66.6 Å². The van der Waals surface area contributed by atoms with E-state index in [-0.39, 0.29) is 30.3 Å². The van der Waals surface area contributed by atoms with E-state index in [1.807, 2.05) is 55.5 Å². The summed E-state index contributed by atoms with van der Waals surface area (Å²) in [5.74, 6) is 0.174. The largest absolute Gasteiger partial charge is 0.508 e. The summed E-state index contributed by atoms with van der Waals surface area (Å²) in [6.07, 6.45) is 1.92.